The predicted octanol–water partition coefficient (Wildman–Crippen LogP) is 4.46. The molecule has 1 amide bonds. The number of amides is 1. The minimum absolute atomic E-state index is 0.221. The Morgan fingerprint density at radius 3 is 2.68 bits per heavy atom. The van der Waals surface area contributed by atoms with Gasteiger partial charge in [0.05, 0.1) is 5.71 Å². The lowest BCUT2D eigenvalue weighted by Crippen LogP contribution is -2.28. The van der Waals surface area contributed by atoms with Gasteiger partial charge < -0.3 is 10.2 Å². The summed E-state index contributed by atoms with van der Waals surface area (Å²) in [6.45, 7) is 0. The van der Waals surface area contributed by atoms with Crippen molar-refractivity contribution in [2.45, 2.75) is 18.9 Å². The lowest BCUT2D eigenvalue weighted by atomic mass is 10.0. The highest BCUT2D eigenvalue weighted by Crippen LogP contribution is 2.21. The van der Waals surface area contributed by atoms with Crippen LogP contribution in [0, 0.1) is 0 Å². The second-order valence-electron chi connectivity index (χ2n) is 6.53. The molecule has 140 valence electrons. The number of oxime groups is 1. The fourth-order valence-electron chi connectivity index (χ4n) is 3.01. The van der Waals surface area contributed by atoms with Crippen molar-refractivity contribution in [2.24, 2.45) is 5.16 Å². The van der Waals surface area contributed by atoms with E-state index >= 15 is 0 Å². The van der Waals surface area contributed by atoms with Gasteiger partial charge in [0.15, 0.2) is 0 Å². The van der Waals surface area contributed by atoms with E-state index in [4.69, 9.17) is 16.4 Å². The number of hydrogen-bond acceptors (Lipinski definition) is 4. The van der Waals surface area contributed by atoms with Gasteiger partial charge in [-0.3, -0.25) is 9.78 Å². The van der Waals surface area contributed by atoms with Crippen LogP contribution in [0.4, 0.5) is 5.69 Å². The van der Waals surface area contributed by atoms with Crippen LogP contribution < -0.4 is 5.32 Å². The van der Waals surface area contributed by atoms with E-state index in [0.29, 0.717) is 12.1 Å². The minimum Gasteiger partial charge on any atom is -0.382 e. The third-order valence-corrected chi connectivity index (χ3v) is 4.90. The topological polar surface area (TPSA) is 63.6 Å². The van der Waals surface area contributed by atoms with Gasteiger partial charge in [0.2, 0.25) is 6.10 Å². The molecule has 6 heteroatoms. The number of halogens is 1. The first-order valence-electron chi connectivity index (χ1n) is 8.95. The maximum absolute atomic E-state index is 12.5. The van der Waals surface area contributed by atoms with Crippen LogP contribution in [-0.2, 0) is 16.1 Å². The summed E-state index contributed by atoms with van der Waals surface area (Å²) >= 11 is 6.22. The van der Waals surface area contributed by atoms with Crippen molar-refractivity contribution in [1.29, 1.82) is 0 Å². The molecule has 0 bridgehead atoms. The first kappa shape index (κ1) is 18.2. The van der Waals surface area contributed by atoms with Crippen molar-refractivity contribution in [2.75, 3.05) is 5.32 Å². The fraction of sp³-hybridized carbons (Fsp3) is 0.136. The molecule has 1 aliphatic heterocycles. The van der Waals surface area contributed by atoms with Crippen molar-refractivity contribution in [1.82, 2.24) is 4.98 Å². The molecule has 28 heavy (non-hydrogen) atoms. The van der Waals surface area contributed by atoms with Gasteiger partial charge in [-0.1, -0.05) is 47.1 Å². The van der Waals surface area contributed by atoms with Gasteiger partial charge in [-0.2, -0.15) is 0 Å². The van der Waals surface area contributed by atoms with Gasteiger partial charge in [0.25, 0.3) is 5.91 Å². The molecule has 0 fully saturated rings. The third-order valence-electron chi connectivity index (χ3n) is 4.53. The number of rotatable bonds is 5. The molecule has 1 aromatic heterocycles. The quantitative estimate of drug-likeness (QED) is 0.698. The van der Waals surface area contributed by atoms with Gasteiger partial charge in [0, 0.05) is 35.1 Å². The molecule has 0 radical (unpaired) electrons. The maximum Gasteiger partial charge on any atom is 0.268 e. The van der Waals surface area contributed by atoms with E-state index < -0.39 is 6.10 Å². The van der Waals surface area contributed by atoms with Crippen LogP contribution in [0.1, 0.15) is 23.1 Å². The van der Waals surface area contributed by atoms with Crippen LogP contribution in [0.15, 0.2) is 78.2 Å². The lowest BCUT2D eigenvalue weighted by molar-refractivity contribution is -0.125. The number of nitrogens with one attached hydrogen (secondary N) is 1. The summed E-state index contributed by atoms with van der Waals surface area (Å²) < 4.78 is 0. The molecule has 1 N–H and O–H groups in total. The van der Waals surface area contributed by atoms with Crippen molar-refractivity contribution >= 4 is 28.9 Å². The van der Waals surface area contributed by atoms with Gasteiger partial charge in [-0.15, -0.1) is 0 Å². The zero-order valence-electron chi connectivity index (χ0n) is 15.0. The van der Waals surface area contributed by atoms with Gasteiger partial charge in [0.1, 0.15) is 0 Å². The Hall–Kier alpha value is -3.18. The van der Waals surface area contributed by atoms with Crippen LogP contribution in [-0.4, -0.2) is 22.7 Å². The smallest absolute Gasteiger partial charge is 0.268 e. The largest absolute Gasteiger partial charge is 0.382 e. The second kappa shape index (κ2) is 8.23. The molecule has 1 atom stereocenters. The molecular formula is C22H18ClN3O2. The molecule has 4 rings (SSSR count). The second-order valence-corrected chi connectivity index (χ2v) is 6.94. The summed E-state index contributed by atoms with van der Waals surface area (Å²) in [6.07, 6.45) is 3.92. The molecule has 2 aromatic carbocycles. The molecule has 1 aliphatic rings. The summed E-state index contributed by atoms with van der Waals surface area (Å²) in [5.74, 6) is -0.221. The monoisotopic (exact) mass is 391 g/mol. The summed E-state index contributed by atoms with van der Waals surface area (Å²) in [6, 6.07) is 19.2. The Morgan fingerprint density at radius 1 is 1.11 bits per heavy atom. The number of hydrogen-bond donors (Lipinski definition) is 1. The summed E-state index contributed by atoms with van der Waals surface area (Å²) in [7, 11) is 0. The molecule has 1 unspecified atom stereocenters. The zero-order chi connectivity index (χ0) is 19.3. The van der Waals surface area contributed by atoms with Crippen LogP contribution >= 0.6 is 11.6 Å². The van der Waals surface area contributed by atoms with Gasteiger partial charge >= 0.3 is 0 Å². The normalized spacial score (nSPS) is 15.6. The van der Waals surface area contributed by atoms with E-state index in [-0.39, 0.29) is 5.91 Å². The van der Waals surface area contributed by atoms with E-state index in [2.05, 4.69) is 15.5 Å². The molecule has 5 nitrogen and oxygen atoms in total. The SMILES string of the molecule is O=C(Nc1ccc(Cc2ccccc2Cl)cc1)C1CC(c2cccnc2)=NO1. The Balaban J connectivity index is 1.35. The highest BCUT2D eigenvalue weighted by molar-refractivity contribution is 6.31. The summed E-state index contributed by atoms with van der Waals surface area (Å²) in [4.78, 5) is 21.8. The van der Waals surface area contributed by atoms with Crippen molar-refractivity contribution in [3.05, 3.63) is 94.8 Å². The van der Waals surface area contributed by atoms with E-state index in [9.17, 15) is 4.79 Å². The van der Waals surface area contributed by atoms with E-state index in [0.717, 1.165) is 33.8 Å². The van der Waals surface area contributed by atoms with E-state index in [1.165, 1.54) is 0 Å². The predicted molar refractivity (Wildman–Crippen MR) is 110 cm³/mol. The molecule has 0 saturated carbocycles. The average molecular weight is 392 g/mol. The summed E-state index contributed by atoms with van der Waals surface area (Å²) in [5.41, 5.74) is 4.49. The number of anilines is 1. The Bertz CT molecular complexity index is 1000. The molecular weight excluding hydrogens is 374 g/mol. The van der Waals surface area contributed by atoms with Crippen LogP contribution in [0.5, 0.6) is 0 Å². The van der Waals surface area contributed by atoms with Crippen LogP contribution in [0.25, 0.3) is 0 Å². The first-order valence-corrected chi connectivity index (χ1v) is 9.33. The number of nitrogens with zero attached hydrogens (tertiary/aromatic N) is 2. The van der Waals surface area contributed by atoms with Gasteiger partial charge in [-0.05, 0) is 47.9 Å². The van der Waals surface area contributed by atoms with Crippen LogP contribution in [0.3, 0.4) is 0 Å². The Morgan fingerprint density at radius 2 is 1.93 bits per heavy atom. The Kier molecular flexibility index (Phi) is 5.35. The zero-order valence-corrected chi connectivity index (χ0v) is 15.8. The highest BCUT2D eigenvalue weighted by Gasteiger charge is 2.29. The van der Waals surface area contributed by atoms with Crippen molar-refractivity contribution < 1.29 is 9.63 Å². The van der Waals surface area contributed by atoms with E-state index in [1.54, 1.807) is 12.4 Å². The third kappa shape index (κ3) is 4.21. The van der Waals surface area contributed by atoms with Crippen molar-refractivity contribution in [3.63, 3.8) is 0 Å². The maximum atomic E-state index is 12.5. The first-order chi connectivity index (χ1) is 13.7. The number of aromatic nitrogens is 1. The Labute approximate surface area is 168 Å². The number of benzene rings is 2. The van der Waals surface area contributed by atoms with Gasteiger partial charge in [-0.25, -0.2) is 0 Å². The fourth-order valence-corrected chi connectivity index (χ4v) is 3.21. The van der Waals surface area contributed by atoms with E-state index in [1.807, 2.05) is 60.7 Å². The minimum atomic E-state index is -0.641. The number of carbonyl (C=O) groups excluding carboxylic acids is 1. The van der Waals surface area contributed by atoms with Crippen LogP contribution in [0.2, 0.25) is 5.02 Å². The number of carbonyl (C=O) groups is 1. The molecule has 2 heterocycles. The number of pyridine rings is 1. The lowest BCUT2D eigenvalue weighted by Gasteiger charge is -2.10. The van der Waals surface area contributed by atoms with Crippen molar-refractivity contribution in [3.8, 4) is 0 Å². The molecule has 0 aliphatic carbocycles. The molecule has 3 aromatic rings. The molecule has 0 spiro atoms. The standard InChI is InChI=1S/C22H18ClN3O2/c23-19-6-2-1-4-16(19)12-15-7-9-18(10-8-15)25-22(27)21-13-20(26-28-21)17-5-3-11-24-14-17/h1-11,14,21H,12-13H2,(H,25,27). The molecule has 0 saturated heterocycles. The highest BCUT2D eigenvalue weighted by atomic mass is 35.5. The summed E-state index contributed by atoms with van der Waals surface area (Å²) in [5, 5.41) is 7.65. The average Bonchev–Trinajstić information content (AvgIpc) is 3.22.